The number of aliphatic hydroxyl groups is 1. The van der Waals surface area contributed by atoms with E-state index in [1.54, 1.807) is 6.92 Å². The number of rotatable bonds is 2. The standard InChI is InChI=1S/C22H18F5N3O2/c1-3-11-8-21(32,22(25,26)27)20(14-6-16(24)19(31)7-13(11)14)30-18-5-12(23)4-17-15(18)9-28-10(2)29-17/h3-7,9,20,30-32H,8H2,1-2H3/t20-,21-/m1/s1. The second-order valence-corrected chi connectivity index (χ2v) is 7.68. The highest BCUT2D eigenvalue weighted by molar-refractivity contribution is 5.91. The number of allylic oxidation sites excluding steroid dienone is 1. The average Bonchev–Trinajstić information content (AvgIpc) is 2.70. The van der Waals surface area contributed by atoms with Crippen LogP contribution in [0, 0.1) is 18.6 Å². The van der Waals surface area contributed by atoms with Crippen LogP contribution in [0.15, 0.2) is 36.5 Å². The van der Waals surface area contributed by atoms with Crippen LogP contribution in [0.5, 0.6) is 5.75 Å². The Balaban J connectivity index is 1.97. The topological polar surface area (TPSA) is 78.3 Å². The minimum absolute atomic E-state index is 0.0798. The largest absolute Gasteiger partial charge is 0.505 e. The van der Waals surface area contributed by atoms with E-state index < -0.39 is 41.6 Å². The number of halogens is 5. The van der Waals surface area contributed by atoms with Gasteiger partial charge in [0.25, 0.3) is 0 Å². The molecule has 3 N–H and O–H groups in total. The number of anilines is 1. The maximum atomic E-state index is 14.3. The Labute approximate surface area is 179 Å². The second kappa shape index (κ2) is 7.40. The van der Waals surface area contributed by atoms with Crippen LogP contribution in [0.2, 0.25) is 0 Å². The van der Waals surface area contributed by atoms with Crippen molar-refractivity contribution in [2.45, 2.75) is 38.1 Å². The number of phenols is 1. The van der Waals surface area contributed by atoms with Gasteiger partial charge in [-0.25, -0.2) is 18.7 Å². The van der Waals surface area contributed by atoms with Crippen molar-refractivity contribution >= 4 is 22.2 Å². The Morgan fingerprint density at radius 1 is 1.19 bits per heavy atom. The molecule has 10 heteroatoms. The summed E-state index contributed by atoms with van der Waals surface area (Å²) in [6, 6.07) is 1.90. The molecule has 0 aliphatic heterocycles. The third kappa shape index (κ3) is 3.44. The number of aromatic nitrogens is 2. The molecule has 1 aliphatic carbocycles. The molecule has 0 radical (unpaired) electrons. The molecule has 2 aromatic carbocycles. The first-order valence-electron chi connectivity index (χ1n) is 9.61. The molecular weight excluding hydrogens is 433 g/mol. The summed E-state index contributed by atoms with van der Waals surface area (Å²) in [5.74, 6) is -2.32. The van der Waals surface area contributed by atoms with Crippen LogP contribution in [0.3, 0.4) is 0 Å². The van der Waals surface area contributed by atoms with Gasteiger partial charge in [0.05, 0.1) is 11.6 Å². The molecule has 4 rings (SSSR count). The molecule has 1 aliphatic rings. The van der Waals surface area contributed by atoms with E-state index in [0.717, 1.165) is 24.3 Å². The van der Waals surface area contributed by atoms with Gasteiger partial charge in [-0.3, -0.25) is 0 Å². The quantitative estimate of drug-likeness (QED) is 0.469. The molecule has 168 valence electrons. The van der Waals surface area contributed by atoms with Crippen molar-refractivity contribution in [1.82, 2.24) is 9.97 Å². The Kier molecular flexibility index (Phi) is 5.08. The fraction of sp³-hybridized carbons (Fsp3) is 0.273. The van der Waals surface area contributed by atoms with Crippen molar-refractivity contribution < 1.29 is 32.2 Å². The number of fused-ring (bicyclic) bond motifs is 2. The van der Waals surface area contributed by atoms with Gasteiger partial charge in [-0.15, -0.1) is 0 Å². The van der Waals surface area contributed by atoms with Crippen molar-refractivity contribution in [3.8, 4) is 5.75 Å². The van der Waals surface area contributed by atoms with Crippen molar-refractivity contribution in [2.24, 2.45) is 0 Å². The SMILES string of the molecule is CC=C1C[C@](O)(C(F)(F)F)[C@H](Nc2cc(F)cc3nc(C)ncc23)c2cc(F)c(O)cc21. The van der Waals surface area contributed by atoms with Crippen LogP contribution < -0.4 is 5.32 Å². The number of alkyl halides is 3. The molecule has 0 unspecified atom stereocenters. The first-order chi connectivity index (χ1) is 14.9. The normalized spacial score (nSPS) is 22.2. The van der Waals surface area contributed by atoms with Crippen molar-refractivity contribution in [2.75, 3.05) is 5.32 Å². The molecule has 0 saturated carbocycles. The first kappa shape index (κ1) is 21.9. The summed E-state index contributed by atoms with van der Waals surface area (Å²) in [6.45, 7) is 3.05. The van der Waals surface area contributed by atoms with Crippen LogP contribution >= 0.6 is 0 Å². The van der Waals surface area contributed by atoms with E-state index in [0.29, 0.717) is 5.82 Å². The average molecular weight is 451 g/mol. The number of hydrogen-bond donors (Lipinski definition) is 3. The van der Waals surface area contributed by atoms with Gasteiger partial charge in [0.2, 0.25) is 0 Å². The molecule has 0 spiro atoms. The number of aromatic hydroxyl groups is 1. The van der Waals surface area contributed by atoms with Crippen LogP contribution in [0.4, 0.5) is 27.6 Å². The number of hydrogen-bond acceptors (Lipinski definition) is 5. The molecule has 0 saturated heterocycles. The fourth-order valence-electron chi connectivity index (χ4n) is 4.03. The summed E-state index contributed by atoms with van der Waals surface area (Å²) in [7, 11) is 0. The highest BCUT2D eigenvalue weighted by Gasteiger charge is 2.61. The number of nitrogens with zero attached hydrogens (tertiary/aromatic N) is 2. The summed E-state index contributed by atoms with van der Waals surface area (Å²) < 4.78 is 70.9. The summed E-state index contributed by atoms with van der Waals surface area (Å²) in [6.07, 6.45) is -3.30. The molecule has 0 bridgehead atoms. The van der Waals surface area contributed by atoms with Gasteiger partial charge in [-0.1, -0.05) is 6.08 Å². The van der Waals surface area contributed by atoms with Crippen LogP contribution in [-0.2, 0) is 0 Å². The highest BCUT2D eigenvalue weighted by atomic mass is 19.4. The van der Waals surface area contributed by atoms with Crippen molar-refractivity contribution in [3.05, 3.63) is 65.1 Å². The second-order valence-electron chi connectivity index (χ2n) is 7.68. The monoisotopic (exact) mass is 451 g/mol. The summed E-state index contributed by atoms with van der Waals surface area (Å²) >= 11 is 0. The lowest BCUT2D eigenvalue weighted by Gasteiger charge is -2.44. The minimum Gasteiger partial charge on any atom is -0.505 e. The van der Waals surface area contributed by atoms with Crippen molar-refractivity contribution in [3.63, 3.8) is 0 Å². The zero-order valence-electron chi connectivity index (χ0n) is 16.9. The predicted octanol–water partition coefficient (Wildman–Crippen LogP) is 5.18. The molecule has 5 nitrogen and oxygen atoms in total. The Hall–Kier alpha value is -3.27. The van der Waals surface area contributed by atoms with E-state index >= 15 is 0 Å². The Morgan fingerprint density at radius 2 is 1.91 bits per heavy atom. The molecule has 3 aromatic rings. The van der Waals surface area contributed by atoms with Crippen LogP contribution in [-0.4, -0.2) is 32.0 Å². The van der Waals surface area contributed by atoms with Crippen molar-refractivity contribution in [1.29, 1.82) is 0 Å². The summed E-state index contributed by atoms with van der Waals surface area (Å²) in [5.41, 5.74) is -3.31. The molecule has 2 atom stereocenters. The van der Waals surface area contributed by atoms with E-state index in [4.69, 9.17) is 0 Å². The molecule has 1 aromatic heterocycles. The highest BCUT2D eigenvalue weighted by Crippen LogP contribution is 2.53. The first-order valence-corrected chi connectivity index (χ1v) is 9.61. The van der Waals surface area contributed by atoms with E-state index in [1.807, 2.05) is 0 Å². The smallest absolute Gasteiger partial charge is 0.419 e. The lowest BCUT2D eigenvalue weighted by atomic mass is 9.72. The third-order valence-electron chi connectivity index (χ3n) is 5.64. The van der Waals surface area contributed by atoms with E-state index in [9.17, 15) is 32.2 Å². The van der Waals surface area contributed by atoms with Gasteiger partial charge in [-0.05, 0) is 48.7 Å². The Morgan fingerprint density at radius 3 is 2.56 bits per heavy atom. The summed E-state index contributed by atoms with van der Waals surface area (Å²) in [4.78, 5) is 8.10. The lowest BCUT2D eigenvalue weighted by Crippen LogP contribution is -2.54. The van der Waals surface area contributed by atoms with Gasteiger partial charge in [0, 0.05) is 29.8 Å². The van der Waals surface area contributed by atoms with E-state index in [-0.39, 0.29) is 33.3 Å². The zero-order chi connectivity index (χ0) is 23.4. The Bertz CT molecular complexity index is 1250. The fourth-order valence-corrected chi connectivity index (χ4v) is 4.03. The maximum Gasteiger partial charge on any atom is 0.419 e. The predicted molar refractivity (Wildman–Crippen MR) is 108 cm³/mol. The van der Waals surface area contributed by atoms with Gasteiger partial charge in [0.1, 0.15) is 11.6 Å². The van der Waals surface area contributed by atoms with Crippen LogP contribution in [0.25, 0.3) is 16.5 Å². The lowest BCUT2D eigenvalue weighted by molar-refractivity contribution is -0.265. The number of benzene rings is 2. The minimum atomic E-state index is -5.12. The van der Waals surface area contributed by atoms with E-state index in [1.165, 1.54) is 19.2 Å². The maximum absolute atomic E-state index is 14.3. The van der Waals surface area contributed by atoms with Crippen LogP contribution in [0.1, 0.15) is 36.3 Å². The molecule has 0 fully saturated rings. The molecular formula is C22H18F5N3O2. The molecule has 0 amide bonds. The van der Waals surface area contributed by atoms with Gasteiger partial charge in [0.15, 0.2) is 17.2 Å². The van der Waals surface area contributed by atoms with Gasteiger partial charge >= 0.3 is 6.18 Å². The van der Waals surface area contributed by atoms with E-state index in [2.05, 4.69) is 15.3 Å². The summed E-state index contributed by atoms with van der Waals surface area (Å²) in [5, 5.41) is 23.5. The number of aryl methyl sites for hydroxylation is 1. The van der Waals surface area contributed by atoms with Gasteiger partial charge < -0.3 is 15.5 Å². The molecule has 1 heterocycles. The molecule has 32 heavy (non-hydrogen) atoms. The number of phenolic OH excluding ortho intramolecular Hbond substituents is 1. The number of nitrogens with one attached hydrogen (secondary N) is 1. The van der Waals surface area contributed by atoms with Gasteiger partial charge in [-0.2, -0.15) is 13.2 Å². The third-order valence-corrected chi connectivity index (χ3v) is 5.64. The zero-order valence-corrected chi connectivity index (χ0v) is 16.9.